The van der Waals surface area contributed by atoms with Gasteiger partial charge in [0.1, 0.15) is 5.82 Å². The van der Waals surface area contributed by atoms with Crippen molar-refractivity contribution in [2.45, 2.75) is 19.8 Å². The van der Waals surface area contributed by atoms with Crippen LogP contribution in [0.4, 0.5) is 4.39 Å². The van der Waals surface area contributed by atoms with E-state index in [9.17, 15) is 9.18 Å². The largest absolute Gasteiger partial charge is 0.357 e. The summed E-state index contributed by atoms with van der Waals surface area (Å²) < 4.78 is 13.1. The van der Waals surface area contributed by atoms with Gasteiger partial charge in [-0.1, -0.05) is 18.2 Å². The third-order valence-corrected chi connectivity index (χ3v) is 4.48. The van der Waals surface area contributed by atoms with E-state index in [1.807, 2.05) is 13.0 Å². The highest BCUT2D eigenvalue weighted by molar-refractivity contribution is 14.0. The molecule has 1 heterocycles. The number of benzene rings is 1. The van der Waals surface area contributed by atoms with Crippen molar-refractivity contribution in [1.29, 1.82) is 0 Å². The number of thiophene rings is 1. The molecule has 0 spiro atoms. The molecule has 148 valence electrons. The van der Waals surface area contributed by atoms with Crippen LogP contribution in [0.15, 0.2) is 46.8 Å². The maximum Gasteiger partial charge on any atom is 0.224 e. The molecule has 0 aliphatic heterocycles. The minimum absolute atomic E-state index is 0. The minimum atomic E-state index is -0.328. The van der Waals surface area contributed by atoms with Gasteiger partial charge in [0.2, 0.25) is 5.91 Å². The SMILES string of the molecule is CCNC(=NCCc1cccs1)NCCNC(=O)Cc1cccc(F)c1.I. The van der Waals surface area contributed by atoms with E-state index >= 15 is 0 Å². The number of amides is 1. The molecule has 0 unspecified atom stereocenters. The van der Waals surface area contributed by atoms with E-state index in [1.54, 1.807) is 23.5 Å². The van der Waals surface area contributed by atoms with Crippen LogP contribution >= 0.6 is 35.3 Å². The predicted molar refractivity (Wildman–Crippen MR) is 121 cm³/mol. The maximum absolute atomic E-state index is 13.1. The van der Waals surface area contributed by atoms with Crippen molar-refractivity contribution in [3.63, 3.8) is 0 Å². The Balaban J connectivity index is 0.00000364. The van der Waals surface area contributed by atoms with Crippen molar-refractivity contribution in [3.05, 3.63) is 58.0 Å². The van der Waals surface area contributed by atoms with Gasteiger partial charge in [-0.05, 0) is 36.1 Å². The molecule has 2 rings (SSSR count). The van der Waals surface area contributed by atoms with Gasteiger partial charge in [-0.3, -0.25) is 9.79 Å². The molecular formula is C19H26FIN4OS. The first-order valence-electron chi connectivity index (χ1n) is 8.73. The molecule has 0 radical (unpaired) electrons. The topological polar surface area (TPSA) is 65.5 Å². The second-order valence-corrected chi connectivity index (χ2v) is 6.71. The second kappa shape index (κ2) is 13.5. The van der Waals surface area contributed by atoms with Gasteiger partial charge in [-0.2, -0.15) is 0 Å². The third-order valence-electron chi connectivity index (χ3n) is 3.55. The van der Waals surface area contributed by atoms with Crippen LogP contribution in [0.1, 0.15) is 17.4 Å². The number of rotatable bonds is 9. The highest BCUT2D eigenvalue weighted by Crippen LogP contribution is 2.08. The van der Waals surface area contributed by atoms with Gasteiger partial charge in [0, 0.05) is 37.5 Å². The van der Waals surface area contributed by atoms with Gasteiger partial charge in [-0.25, -0.2) is 4.39 Å². The van der Waals surface area contributed by atoms with Crippen molar-refractivity contribution in [2.75, 3.05) is 26.2 Å². The van der Waals surface area contributed by atoms with Crippen LogP contribution in [0.2, 0.25) is 0 Å². The molecule has 0 bridgehead atoms. The third kappa shape index (κ3) is 9.71. The van der Waals surface area contributed by atoms with E-state index in [-0.39, 0.29) is 42.1 Å². The van der Waals surface area contributed by atoms with Crippen LogP contribution in [0.5, 0.6) is 0 Å². The molecule has 2 aromatic rings. The highest BCUT2D eigenvalue weighted by atomic mass is 127. The number of hydrogen-bond donors (Lipinski definition) is 3. The molecule has 3 N–H and O–H groups in total. The van der Waals surface area contributed by atoms with Crippen molar-refractivity contribution in [2.24, 2.45) is 4.99 Å². The van der Waals surface area contributed by atoms with Crippen molar-refractivity contribution < 1.29 is 9.18 Å². The zero-order chi connectivity index (χ0) is 18.6. The summed E-state index contributed by atoms with van der Waals surface area (Å²) in [5, 5.41) is 11.3. The van der Waals surface area contributed by atoms with Gasteiger partial charge in [0.25, 0.3) is 0 Å². The van der Waals surface area contributed by atoms with Gasteiger partial charge in [0.15, 0.2) is 5.96 Å². The fraction of sp³-hybridized carbons (Fsp3) is 0.368. The molecule has 5 nitrogen and oxygen atoms in total. The summed E-state index contributed by atoms with van der Waals surface area (Å²) >= 11 is 1.73. The number of guanidine groups is 1. The van der Waals surface area contributed by atoms with Gasteiger partial charge < -0.3 is 16.0 Å². The van der Waals surface area contributed by atoms with Gasteiger partial charge in [-0.15, -0.1) is 35.3 Å². The molecule has 0 aliphatic rings. The summed E-state index contributed by atoms with van der Waals surface area (Å²) in [4.78, 5) is 17.7. The van der Waals surface area contributed by atoms with E-state index in [2.05, 4.69) is 32.4 Å². The summed E-state index contributed by atoms with van der Waals surface area (Å²) in [6.07, 6.45) is 1.09. The Hall–Kier alpha value is -1.68. The van der Waals surface area contributed by atoms with Crippen LogP contribution in [-0.4, -0.2) is 38.0 Å². The quantitative estimate of drug-likeness (QED) is 0.213. The van der Waals surface area contributed by atoms with Crippen LogP contribution in [0.3, 0.4) is 0 Å². The Morgan fingerprint density at radius 2 is 1.96 bits per heavy atom. The van der Waals surface area contributed by atoms with Crippen molar-refractivity contribution in [3.8, 4) is 0 Å². The summed E-state index contributed by atoms with van der Waals surface area (Å²) in [5.74, 6) is 0.284. The van der Waals surface area contributed by atoms with Crippen LogP contribution < -0.4 is 16.0 Å². The number of carbonyl (C=O) groups excluding carboxylic acids is 1. The van der Waals surface area contributed by atoms with E-state index in [0.717, 1.165) is 18.9 Å². The molecule has 0 fully saturated rings. The molecule has 27 heavy (non-hydrogen) atoms. The first kappa shape index (κ1) is 23.4. The number of hydrogen-bond acceptors (Lipinski definition) is 3. The fourth-order valence-electron chi connectivity index (χ4n) is 2.35. The Bertz CT molecular complexity index is 709. The summed E-state index contributed by atoms with van der Waals surface area (Å²) in [6, 6.07) is 10.2. The van der Waals surface area contributed by atoms with E-state index in [1.165, 1.54) is 17.0 Å². The van der Waals surface area contributed by atoms with Crippen LogP contribution in [-0.2, 0) is 17.6 Å². The number of aliphatic imine (C=N–C) groups is 1. The zero-order valence-electron chi connectivity index (χ0n) is 15.3. The lowest BCUT2D eigenvalue weighted by atomic mass is 10.1. The van der Waals surface area contributed by atoms with E-state index in [0.29, 0.717) is 25.2 Å². The van der Waals surface area contributed by atoms with Crippen LogP contribution in [0, 0.1) is 5.82 Å². The number of nitrogens with one attached hydrogen (secondary N) is 3. The fourth-order valence-corrected chi connectivity index (χ4v) is 3.05. The molecular weight excluding hydrogens is 478 g/mol. The highest BCUT2D eigenvalue weighted by Gasteiger charge is 2.04. The smallest absolute Gasteiger partial charge is 0.224 e. The lowest BCUT2D eigenvalue weighted by Crippen LogP contribution is -2.41. The van der Waals surface area contributed by atoms with Crippen molar-refractivity contribution >= 4 is 47.2 Å². The Labute approximate surface area is 180 Å². The zero-order valence-corrected chi connectivity index (χ0v) is 18.5. The maximum atomic E-state index is 13.1. The molecule has 1 amide bonds. The average Bonchev–Trinajstić information content (AvgIpc) is 3.12. The Morgan fingerprint density at radius 1 is 1.15 bits per heavy atom. The summed E-state index contributed by atoms with van der Waals surface area (Å²) in [6.45, 7) is 4.54. The Kier molecular flexibility index (Phi) is 11.7. The Morgan fingerprint density at radius 3 is 2.67 bits per heavy atom. The van der Waals surface area contributed by atoms with E-state index in [4.69, 9.17) is 0 Å². The second-order valence-electron chi connectivity index (χ2n) is 5.67. The van der Waals surface area contributed by atoms with E-state index < -0.39 is 0 Å². The standard InChI is InChI=1S/C19H25FN4OS.HI/c1-2-21-19(23-9-8-17-7-4-12-26-17)24-11-10-22-18(25)14-15-5-3-6-16(20)13-15;/h3-7,12-13H,2,8-11,14H2,1H3,(H,22,25)(H2,21,23,24);1H. The number of carbonyl (C=O) groups is 1. The lowest BCUT2D eigenvalue weighted by Gasteiger charge is -2.12. The van der Waals surface area contributed by atoms with Gasteiger partial charge in [0.05, 0.1) is 6.42 Å². The predicted octanol–water partition coefficient (Wildman–Crippen LogP) is 2.96. The first-order chi connectivity index (χ1) is 12.7. The number of halogens is 2. The molecule has 1 aromatic carbocycles. The van der Waals surface area contributed by atoms with Crippen LogP contribution in [0.25, 0.3) is 0 Å². The molecule has 1 aromatic heterocycles. The molecule has 0 atom stereocenters. The monoisotopic (exact) mass is 504 g/mol. The molecule has 0 aliphatic carbocycles. The first-order valence-corrected chi connectivity index (χ1v) is 9.61. The van der Waals surface area contributed by atoms with Gasteiger partial charge >= 0.3 is 0 Å². The molecule has 0 saturated carbocycles. The minimum Gasteiger partial charge on any atom is -0.357 e. The average molecular weight is 504 g/mol. The normalized spacial score (nSPS) is 10.8. The molecule has 0 saturated heterocycles. The molecule has 8 heteroatoms. The van der Waals surface area contributed by atoms with Crippen molar-refractivity contribution in [1.82, 2.24) is 16.0 Å². The lowest BCUT2D eigenvalue weighted by molar-refractivity contribution is -0.120. The number of nitrogens with zero attached hydrogens (tertiary/aromatic N) is 1. The summed E-state index contributed by atoms with van der Waals surface area (Å²) in [7, 11) is 0. The summed E-state index contributed by atoms with van der Waals surface area (Å²) in [5.41, 5.74) is 0.666.